The standard InChI is InChI=1S/C18H21N3/c1-12-9-16-18(10-13(12)2)21(11-20-16)17-8-6-5-7-15(17)14(3)19-4/h5-11,14,19H,1-4H3. The summed E-state index contributed by atoms with van der Waals surface area (Å²) in [6, 6.07) is 13.2. The highest BCUT2D eigenvalue weighted by atomic mass is 15.1. The first-order valence-electron chi connectivity index (χ1n) is 7.32. The van der Waals surface area contributed by atoms with Gasteiger partial charge in [0.05, 0.1) is 16.7 Å². The maximum absolute atomic E-state index is 4.57. The molecule has 0 radical (unpaired) electrons. The molecule has 0 fully saturated rings. The van der Waals surface area contributed by atoms with Crippen LogP contribution in [0.4, 0.5) is 0 Å². The van der Waals surface area contributed by atoms with E-state index in [2.05, 4.69) is 72.0 Å². The average Bonchev–Trinajstić information content (AvgIpc) is 2.89. The molecule has 3 aromatic rings. The largest absolute Gasteiger partial charge is 0.313 e. The van der Waals surface area contributed by atoms with Gasteiger partial charge in [0.2, 0.25) is 0 Å². The smallest absolute Gasteiger partial charge is 0.100 e. The van der Waals surface area contributed by atoms with Crippen LogP contribution < -0.4 is 5.32 Å². The Morgan fingerprint density at radius 3 is 2.57 bits per heavy atom. The van der Waals surface area contributed by atoms with Gasteiger partial charge in [-0.2, -0.15) is 0 Å². The van der Waals surface area contributed by atoms with Gasteiger partial charge >= 0.3 is 0 Å². The molecule has 0 aliphatic carbocycles. The lowest BCUT2D eigenvalue weighted by molar-refractivity contribution is 0.648. The van der Waals surface area contributed by atoms with Crippen molar-refractivity contribution in [2.24, 2.45) is 0 Å². The topological polar surface area (TPSA) is 29.9 Å². The summed E-state index contributed by atoms with van der Waals surface area (Å²) in [4.78, 5) is 4.57. The van der Waals surface area contributed by atoms with Crippen molar-refractivity contribution in [3.8, 4) is 5.69 Å². The third-order valence-electron chi connectivity index (χ3n) is 4.26. The van der Waals surface area contributed by atoms with E-state index in [4.69, 9.17) is 0 Å². The lowest BCUT2D eigenvalue weighted by atomic mass is 10.1. The highest BCUT2D eigenvalue weighted by Gasteiger charge is 2.12. The van der Waals surface area contributed by atoms with Crippen LogP contribution in [0.5, 0.6) is 0 Å². The molecule has 0 bridgehead atoms. The molecule has 108 valence electrons. The number of hydrogen-bond acceptors (Lipinski definition) is 2. The van der Waals surface area contributed by atoms with Crippen molar-refractivity contribution in [2.45, 2.75) is 26.8 Å². The van der Waals surface area contributed by atoms with Crippen molar-refractivity contribution in [2.75, 3.05) is 7.05 Å². The van der Waals surface area contributed by atoms with Gasteiger partial charge in [0.1, 0.15) is 6.33 Å². The zero-order valence-electron chi connectivity index (χ0n) is 13.0. The van der Waals surface area contributed by atoms with Crippen LogP contribution in [0.15, 0.2) is 42.7 Å². The number of aryl methyl sites for hydroxylation is 2. The molecule has 1 heterocycles. The van der Waals surface area contributed by atoms with Gasteiger partial charge in [-0.25, -0.2) is 4.98 Å². The summed E-state index contributed by atoms with van der Waals surface area (Å²) in [6.45, 7) is 6.45. The van der Waals surface area contributed by atoms with Gasteiger partial charge in [0.25, 0.3) is 0 Å². The van der Waals surface area contributed by atoms with Gasteiger partial charge in [0.15, 0.2) is 0 Å². The van der Waals surface area contributed by atoms with Crippen molar-refractivity contribution in [3.05, 3.63) is 59.4 Å². The Kier molecular flexibility index (Phi) is 3.52. The number of rotatable bonds is 3. The second-order valence-electron chi connectivity index (χ2n) is 5.61. The SMILES string of the molecule is CNC(C)c1ccccc1-n1cnc2cc(C)c(C)cc21. The molecule has 3 nitrogen and oxygen atoms in total. The molecule has 0 aliphatic heterocycles. The minimum atomic E-state index is 0.296. The van der Waals surface area contributed by atoms with Crippen molar-refractivity contribution in [3.63, 3.8) is 0 Å². The number of hydrogen-bond donors (Lipinski definition) is 1. The minimum absolute atomic E-state index is 0.296. The quantitative estimate of drug-likeness (QED) is 0.787. The first kappa shape index (κ1) is 13.8. The molecular weight excluding hydrogens is 258 g/mol. The molecule has 1 atom stereocenters. The van der Waals surface area contributed by atoms with Crippen molar-refractivity contribution < 1.29 is 0 Å². The van der Waals surface area contributed by atoms with Crippen LogP contribution in [0.3, 0.4) is 0 Å². The number of para-hydroxylation sites is 1. The number of imidazole rings is 1. The van der Waals surface area contributed by atoms with E-state index < -0.39 is 0 Å². The Labute approximate surface area is 125 Å². The van der Waals surface area contributed by atoms with Crippen molar-refractivity contribution >= 4 is 11.0 Å². The van der Waals surface area contributed by atoms with Gasteiger partial charge in [-0.1, -0.05) is 18.2 Å². The lowest BCUT2D eigenvalue weighted by Gasteiger charge is -2.17. The van der Waals surface area contributed by atoms with E-state index in [-0.39, 0.29) is 0 Å². The van der Waals surface area contributed by atoms with Crippen LogP contribution in [0.1, 0.15) is 29.7 Å². The second kappa shape index (κ2) is 5.34. The fourth-order valence-corrected chi connectivity index (χ4v) is 2.68. The van der Waals surface area contributed by atoms with Crippen LogP contribution >= 0.6 is 0 Å². The maximum atomic E-state index is 4.57. The van der Waals surface area contributed by atoms with Crippen LogP contribution in [0.2, 0.25) is 0 Å². The molecule has 2 aromatic carbocycles. The Morgan fingerprint density at radius 1 is 1.10 bits per heavy atom. The minimum Gasteiger partial charge on any atom is -0.313 e. The molecule has 21 heavy (non-hydrogen) atoms. The number of aromatic nitrogens is 2. The highest BCUT2D eigenvalue weighted by molar-refractivity contribution is 5.79. The summed E-state index contributed by atoms with van der Waals surface area (Å²) < 4.78 is 2.19. The molecule has 1 N–H and O–H groups in total. The van der Waals surface area contributed by atoms with Crippen LogP contribution in [-0.2, 0) is 0 Å². The van der Waals surface area contributed by atoms with Gasteiger partial charge in [-0.05, 0) is 62.7 Å². The zero-order chi connectivity index (χ0) is 15.0. The summed E-state index contributed by atoms with van der Waals surface area (Å²) >= 11 is 0. The Balaban J connectivity index is 2.24. The van der Waals surface area contributed by atoms with Crippen molar-refractivity contribution in [1.29, 1.82) is 0 Å². The molecule has 1 unspecified atom stereocenters. The van der Waals surface area contributed by atoms with Crippen LogP contribution in [0, 0.1) is 13.8 Å². The van der Waals surface area contributed by atoms with Crippen molar-refractivity contribution in [1.82, 2.24) is 14.9 Å². The molecule has 0 aliphatic rings. The summed E-state index contributed by atoms with van der Waals surface area (Å²) in [5.41, 5.74) is 7.24. The molecule has 3 heteroatoms. The van der Waals surface area contributed by atoms with E-state index in [9.17, 15) is 0 Å². The zero-order valence-corrected chi connectivity index (χ0v) is 13.0. The van der Waals surface area contributed by atoms with E-state index in [1.165, 1.54) is 22.4 Å². The fourth-order valence-electron chi connectivity index (χ4n) is 2.68. The number of fused-ring (bicyclic) bond motifs is 1. The fraction of sp³-hybridized carbons (Fsp3) is 0.278. The maximum Gasteiger partial charge on any atom is 0.100 e. The average molecular weight is 279 g/mol. The number of nitrogens with one attached hydrogen (secondary N) is 1. The van der Waals surface area contributed by atoms with E-state index in [0.29, 0.717) is 6.04 Å². The number of nitrogens with zero attached hydrogens (tertiary/aromatic N) is 2. The van der Waals surface area contributed by atoms with E-state index in [0.717, 1.165) is 11.0 Å². The third-order valence-corrected chi connectivity index (χ3v) is 4.26. The summed E-state index contributed by atoms with van der Waals surface area (Å²) in [7, 11) is 1.99. The van der Waals surface area contributed by atoms with Crippen LogP contribution in [0.25, 0.3) is 16.7 Å². The molecule has 3 rings (SSSR count). The lowest BCUT2D eigenvalue weighted by Crippen LogP contribution is -2.14. The van der Waals surface area contributed by atoms with Crippen LogP contribution in [-0.4, -0.2) is 16.6 Å². The van der Waals surface area contributed by atoms with Gasteiger partial charge in [-0.3, -0.25) is 4.57 Å². The predicted octanol–water partition coefficient (Wildman–Crippen LogP) is 3.92. The third kappa shape index (κ3) is 2.34. The van der Waals surface area contributed by atoms with Gasteiger partial charge < -0.3 is 5.32 Å². The van der Waals surface area contributed by atoms with E-state index in [1.54, 1.807) is 0 Å². The predicted molar refractivity (Wildman–Crippen MR) is 88.0 cm³/mol. The van der Waals surface area contributed by atoms with Gasteiger partial charge in [0, 0.05) is 6.04 Å². The van der Waals surface area contributed by atoms with E-state index in [1.807, 2.05) is 13.4 Å². The molecule has 0 amide bonds. The summed E-state index contributed by atoms with van der Waals surface area (Å²) in [5.74, 6) is 0. The molecule has 0 saturated carbocycles. The molecular formula is C18H21N3. The second-order valence-corrected chi connectivity index (χ2v) is 5.61. The number of benzene rings is 2. The first-order valence-corrected chi connectivity index (χ1v) is 7.32. The molecule has 0 spiro atoms. The summed E-state index contributed by atoms with van der Waals surface area (Å²) in [5, 5.41) is 3.32. The normalized spacial score (nSPS) is 12.8. The van der Waals surface area contributed by atoms with E-state index >= 15 is 0 Å². The Morgan fingerprint density at radius 2 is 1.81 bits per heavy atom. The first-order chi connectivity index (χ1) is 10.1. The monoisotopic (exact) mass is 279 g/mol. The summed E-state index contributed by atoms with van der Waals surface area (Å²) in [6.07, 6.45) is 1.92. The molecule has 0 saturated heterocycles. The highest BCUT2D eigenvalue weighted by Crippen LogP contribution is 2.26. The Hall–Kier alpha value is -2.13. The van der Waals surface area contributed by atoms with Gasteiger partial charge in [-0.15, -0.1) is 0 Å². The Bertz CT molecular complexity index is 786. The molecule has 1 aromatic heterocycles.